The molecule has 8 heteroatoms. The van der Waals surface area contributed by atoms with E-state index in [0.29, 0.717) is 0 Å². The second kappa shape index (κ2) is 6.71. The highest BCUT2D eigenvalue weighted by Crippen LogP contribution is 2.29. The van der Waals surface area contributed by atoms with Gasteiger partial charge >= 0.3 is 8.25 Å². The Morgan fingerprint density at radius 3 is 3.15 bits per heavy atom. The second-order valence-electron chi connectivity index (χ2n) is 4.47. The Bertz CT molecular complexity index is 461. The highest BCUT2D eigenvalue weighted by Gasteiger charge is 2.34. The van der Waals surface area contributed by atoms with Gasteiger partial charge in [0.15, 0.2) is 6.11 Å². The molecule has 20 heavy (non-hydrogen) atoms. The zero-order valence-corrected chi connectivity index (χ0v) is 11.9. The van der Waals surface area contributed by atoms with Crippen LogP contribution < -0.4 is 5.32 Å². The minimum Gasteiger partial charge on any atom is -0.353 e. The summed E-state index contributed by atoms with van der Waals surface area (Å²) in [6, 6.07) is 0. The molecule has 2 rings (SSSR count). The number of carbonyl (C=O) groups excluding carboxylic acids is 1. The minimum atomic E-state index is -2.29. The largest absolute Gasteiger partial charge is 0.759 e. The second-order valence-corrected chi connectivity index (χ2v) is 5.35. The molecule has 0 saturated carbocycles. The van der Waals surface area contributed by atoms with Crippen LogP contribution in [0.25, 0.3) is 0 Å². The first-order valence-corrected chi connectivity index (χ1v) is 7.34. The molecule has 2 aliphatic rings. The molecule has 1 fully saturated rings. The molecule has 4 unspecified atom stereocenters. The van der Waals surface area contributed by atoms with Crippen LogP contribution in [-0.4, -0.2) is 35.9 Å². The van der Waals surface area contributed by atoms with Gasteiger partial charge in [0.05, 0.1) is 6.10 Å². The number of nitrogens with zero attached hydrogens (tertiary/aromatic N) is 1. The van der Waals surface area contributed by atoms with E-state index in [1.54, 1.807) is 12.3 Å². The van der Waals surface area contributed by atoms with Crippen molar-refractivity contribution in [2.75, 3.05) is 6.61 Å². The Kier molecular flexibility index (Phi) is 4.96. The number of terminal acetylenes is 1. The van der Waals surface area contributed by atoms with E-state index in [1.165, 1.54) is 6.08 Å². The lowest BCUT2D eigenvalue weighted by atomic mass is 10.2. The van der Waals surface area contributed by atoms with Crippen LogP contribution in [0.5, 0.6) is 0 Å². The Morgan fingerprint density at radius 1 is 1.65 bits per heavy atom. The van der Waals surface area contributed by atoms with Crippen LogP contribution in [0.1, 0.15) is 19.8 Å². The molecule has 2 aliphatic heterocycles. The third kappa shape index (κ3) is 3.70. The molecule has 0 aromatic heterocycles. The topological polar surface area (TPSA) is 77.1 Å². The molecule has 1 amide bonds. The molecule has 4 atom stereocenters. The van der Waals surface area contributed by atoms with Gasteiger partial charge in [0.2, 0.25) is 5.91 Å². The number of carbonyl (C=O) groups is 1. The van der Waals surface area contributed by atoms with Crippen molar-refractivity contribution < 1.29 is 23.1 Å². The molecule has 7 nitrogen and oxygen atoms in total. The van der Waals surface area contributed by atoms with Gasteiger partial charge in [0.1, 0.15) is 19.0 Å². The Balaban J connectivity index is 1.80. The lowest BCUT2D eigenvalue weighted by Crippen LogP contribution is -2.50. The summed E-state index contributed by atoms with van der Waals surface area (Å²) in [5, 5.41) is 2.79. The zero-order valence-electron chi connectivity index (χ0n) is 11.0. The molecule has 1 N–H and O–H groups in total. The van der Waals surface area contributed by atoms with E-state index in [4.69, 9.17) is 15.7 Å². The fourth-order valence-electron chi connectivity index (χ4n) is 2.20. The van der Waals surface area contributed by atoms with Crippen LogP contribution in [-0.2, 0) is 23.1 Å². The van der Waals surface area contributed by atoms with E-state index in [1.807, 2.05) is 11.8 Å². The monoisotopic (exact) mass is 299 g/mol. The first-order chi connectivity index (χ1) is 9.60. The number of rotatable bonds is 5. The van der Waals surface area contributed by atoms with Crippen molar-refractivity contribution in [1.82, 2.24) is 10.2 Å². The number of hydrogen-bond donors (Lipinski definition) is 1. The molecule has 0 aromatic rings. The lowest BCUT2D eigenvalue weighted by Gasteiger charge is -2.35. The van der Waals surface area contributed by atoms with Crippen molar-refractivity contribution in [3.8, 4) is 12.5 Å². The van der Waals surface area contributed by atoms with Crippen molar-refractivity contribution in [3.05, 3.63) is 12.3 Å². The third-order valence-electron chi connectivity index (χ3n) is 3.11. The van der Waals surface area contributed by atoms with Gasteiger partial charge in [0, 0.05) is 16.8 Å². The molecular weight excluding hydrogens is 283 g/mol. The van der Waals surface area contributed by atoms with E-state index >= 15 is 0 Å². The zero-order chi connectivity index (χ0) is 14.5. The Hall–Kier alpha value is -1.61. The highest BCUT2D eigenvalue weighted by molar-refractivity contribution is 7.33. The maximum absolute atomic E-state index is 11.2. The van der Waals surface area contributed by atoms with Crippen molar-refractivity contribution >= 4 is 14.2 Å². The van der Waals surface area contributed by atoms with E-state index in [9.17, 15) is 9.36 Å². The van der Waals surface area contributed by atoms with E-state index in [-0.39, 0.29) is 31.0 Å². The van der Waals surface area contributed by atoms with E-state index in [2.05, 4.69) is 9.84 Å². The molecule has 0 radical (unpaired) electrons. The molecule has 2 heterocycles. The van der Waals surface area contributed by atoms with Crippen molar-refractivity contribution in [2.45, 2.75) is 38.3 Å². The fraction of sp³-hybridized carbons (Fsp3) is 0.583. The maximum atomic E-state index is 11.2. The Labute approximate surface area is 118 Å². The molecule has 0 aromatic carbocycles. The van der Waals surface area contributed by atoms with Gasteiger partial charge in [-0.05, 0) is 19.8 Å². The van der Waals surface area contributed by atoms with Crippen LogP contribution in [0, 0.1) is 12.5 Å². The van der Waals surface area contributed by atoms with Crippen molar-refractivity contribution in [3.63, 3.8) is 0 Å². The van der Waals surface area contributed by atoms with E-state index < -0.39 is 8.25 Å². The van der Waals surface area contributed by atoms with Gasteiger partial charge in [-0.3, -0.25) is 4.79 Å². The molecule has 1 saturated heterocycles. The Morgan fingerprint density at radius 2 is 2.45 bits per heavy atom. The van der Waals surface area contributed by atoms with Gasteiger partial charge in [-0.25, -0.2) is 0 Å². The average Bonchev–Trinajstić information content (AvgIpc) is 2.85. The van der Waals surface area contributed by atoms with Crippen molar-refractivity contribution in [2.24, 2.45) is 0 Å². The smallest absolute Gasteiger partial charge is 0.353 e. The summed E-state index contributed by atoms with van der Waals surface area (Å²) in [7, 11) is -2.29. The summed E-state index contributed by atoms with van der Waals surface area (Å²) >= 11 is 0. The summed E-state index contributed by atoms with van der Waals surface area (Å²) in [6.07, 6.45) is 11.0. The summed E-state index contributed by atoms with van der Waals surface area (Å²) in [5.41, 5.74) is 0. The predicted octanol–water partition coefficient (Wildman–Crippen LogP) is 1.06. The van der Waals surface area contributed by atoms with Crippen LogP contribution in [0.4, 0.5) is 0 Å². The highest BCUT2D eigenvalue weighted by atomic mass is 31.1. The number of amides is 1. The van der Waals surface area contributed by atoms with Gasteiger partial charge < -0.3 is 15.0 Å². The SMILES string of the molecule is C#CO[P+](=O)OCC1CCC(N2C=CC(=O)NC2C)O1. The van der Waals surface area contributed by atoms with Gasteiger partial charge in [-0.15, -0.1) is 4.52 Å². The first kappa shape index (κ1) is 14.8. The molecule has 0 bridgehead atoms. The first-order valence-electron chi connectivity index (χ1n) is 6.24. The van der Waals surface area contributed by atoms with E-state index in [0.717, 1.165) is 12.8 Å². The number of nitrogens with one attached hydrogen (secondary N) is 1. The standard InChI is InChI=1S/C12H15N2O5P/c1-3-17-20(16)18-8-10-4-5-12(19-10)14-7-6-11(15)13-9(14)2/h1,6-7,9-10,12H,4-5,8H2,2H3/p+1. The fourth-order valence-corrected chi connectivity index (χ4v) is 2.63. The predicted molar refractivity (Wildman–Crippen MR) is 70.0 cm³/mol. The summed E-state index contributed by atoms with van der Waals surface area (Å²) in [4.78, 5) is 13.1. The van der Waals surface area contributed by atoms with Crippen LogP contribution in [0.15, 0.2) is 12.3 Å². The lowest BCUT2D eigenvalue weighted by molar-refractivity contribution is -0.122. The van der Waals surface area contributed by atoms with Crippen LogP contribution in [0.3, 0.4) is 0 Å². The third-order valence-corrected chi connectivity index (χ3v) is 3.72. The molecule has 0 aliphatic carbocycles. The maximum Gasteiger partial charge on any atom is 0.759 e. The summed E-state index contributed by atoms with van der Waals surface area (Å²) < 4.78 is 26.2. The van der Waals surface area contributed by atoms with Crippen LogP contribution in [0.2, 0.25) is 0 Å². The molecule has 108 valence electrons. The average molecular weight is 299 g/mol. The number of ether oxygens (including phenoxy) is 1. The molecule has 0 spiro atoms. The molecular formula is C12H16N2O5P+. The normalized spacial score (nSPS) is 29.8. The summed E-state index contributed by atoms with van der Waals surface area (Å²) in [5.74, 6) is -0.116. The quantitative estimate of drug-likeness (QED) is 0.604. The summed E-state index contributed by atoms with van der Waals surface area (Å²) in [6.45, 7) is 2.04. The van der Waals surface area contributed by atoms with Gasteiger partial charge in [-0.2, -0.15) is 4.52 Å². The van der Waals surface area contributed by atoms with Gasteiger partial charge in [0.25, 0.3) is 0 Å². The minimum absolute atomic E-state index is 0.116. The van der Waals surface area contributed by atoms with Crippen LogP contribution >= 0.6 is 8.25 Å². The number of hydrogen-bond acceptors (Lipinski definition) is 6. The van der Waals surface area contributed by atoms with Crippen molar-refractivity contribution in [1.29, 1.82) is 0 Å². The van der Waals surface area contributed by atoms with Gasteiger partial charge in [-0.1, -0.05) is 6.42 Å².